The highest BCUT2D eigenvalue weighted by Gasteiger charge is 2.10. The summed E-state index contributed by atoms with van der Waals surface area (Å²) in [6.45, 7) is 0. The van der Waals surface area contributed by atoms with Crippen LogP contribution in [-0.2, 0) is 0 Å². The molecule has 4 heteroatoms. The van der Waals surface area contributed by atoms with Gasteiger partial charge in [-0.25, -0.2) is 0 Å². The van der Waals surface area contributed by atoms with Gasteiger partial charge in [-0.05, 0) is 35.4 Å². The van der Waals surface area contributed by atoms with E-state index in [4.69, 9.17) is 5.73 Å². The van der Waals surface area contributed by atoms with Crippen LogP contribution in [-0.4, -0.2) is 5.91 Å². The first-order valence-electron chi connectivity index (χ1n) is 4.93. The van der Waals surface area contributed by atoms with Gasteiger partial charge in [0, 0.05) is 14.5 Å². The van der Waals surface area contributed by atoms with E-state index in [0.29, 0.717) is 5.56 Å². The molecule has 2 nitrogen and oxygen atoms in total. The Morgan fingerprint density at radius 3 is 2.12 bits per heavy atom. The Morgan fingerprint density at radius 2 is 1.53 bits per heavy atom. The molecular weight excluding hydrogens is 346 g/mol. The van der Waals surface area contributed by atoms with Crippen LogP contribution in [0, 0.1) is 0 Å². The highest BCUT2D eigenvalue weighted by atomic mass is 79.9. The standard InChI is InChI=1S/C13H9Br2NO/c14-9-3-1-8(2-4-9)11-6-5-10(15)7-12(11)13(16)17/h1-7H,(H2,16,17). The molecule has 17 heavy (non-hydrogen) atoms. The highest BCUT2D eigenvalue weighted by Crippen LogP contribution is 2.27. The molecule has 0 aliphatic heterocycles. The van der Waals surface area contributed by atoms with Crippen LogP contribution in [0.3, 0.4) is 0 Å². The third-order valence-corrected chi connectivity index (χ3v) is 3.42. The molecule has 0 heterocycles. The smallest absolute Gasteiger partial charge is 0.249 e. The Hall–Kier alpha value is -1.13. The van der Waals surface area contributed by atoms with E-state index >= 15 is 0 Å². The minimum Gasteiger partial charge on any atom is -0.366 e. The predicted octanol–water partition coefficient (Wildman–Crippen LogP) is 3.98. The zero-order chi connectivity index (χ0) is 12.4. The maximum absolute atomic E-state index is 11.4. The van der Waals surface area contributed by atoms with Crippen LogP contribution in [0.4, 0.5) is 0 Å². The Morgan fingerprint density at radius 1 is 0.941 bits per heavy atom. The molecule has 0 fully saturated rings. The number of benzene rings is 2. The SMILES string of the molecule is NC(=O)c1cc(Br)ccc1-c1ccc(Br)cc1. The van der Waals surface area contributed by atoms with Crippen LogP contribution in [0.5, 0.6) is 0 Å². The fraction of sp³-hybridized carbons (Fsp3) is 0. The molecule has 2 N–H and O–H groups in total. The first kappa shape index (κ1) is 12.3. The Kier molecular flexibility index (Phi) is 3.64. The monoisotopic (exact) mass is 353 g/mol. The van der Waals surface area contributed by atoms with Crippen LogP contribution < -0.4 is 5.73 Å². The van der Waals surface area contributed by atoms with E-state index in [2.05, 4.69) is 31.9 Å². The molecule has 0 atom stereocenters. The van der Waals surface area contributed by atoms with Gasteiger partial charge >= 0.3 is 0 Å². The van der Waals surface area contributed by atoms with E-state index in [9.17, 15) is 4.79 Å². The van der Waals surface area contributed by atoms with Crippen molar-refractivity contribution in [1.29, 1.82) is 0 Å². The van der Waals surface area contributed by atoms with Crippen LogP contribution in [0.15, 0.2) is 51.4 Å². The number of carbonyl (C=O) groups is 1. The van der Waals surface area contributed by atoms with Crippen LogP contribution in [0.1, 0.15) is 10.4 Å². The zero-order valence-corrected chi connectivity index (χ0v) is 12.0. The van der Waals surface area contributed by atoms with Crippen molar-refractivity contribution in [3.63, 3.8) is 0 Å². The first-order chi connectivity index (χ1) is 8.08. The lowest BCUT2D eigenvalue weighted by Gasteiger charge is -2.07. The van der Waals surface area contributed by atoms with Crippen molar-refractivity contribution in [2.75, 3.05) is 0 Å². The second-order valence-corrected chi connectivity index (χ2v) is 5.39. The molecule has 0 saturated heterocycles. The maximum Gasteiger partial charge on any atom is 0.249 e. The van der Waals surface area contributed by atoms with Crippen LogP contribution in [0.2, 0.25) is 0 Å². The van der Waals surface area contributed by atoms with Gasteiger partial charge in [0.1, 0.15) is 0 Å². The van der Waals surface area contributed by atoms with Crippen molar-refractivity contribution in [2.24, 2.45) is 5.73 Å². The summed E-state index contributed by atoms with van der Waals surface area (Å²) in [6, 6.07) is 13.3. The van der Waals surface area contributed by atoms with Crippen molar-refractivity contribution in [3.8, 4) is 11.1 Å². The molecule has 0 aliphatic rings. The third kappa shape index (κ3) is 2.76. The van der Waals surface area contributed by atoms with Gasteiger partial charge in [0.25, 0.3) is 0 Å². The van der Waals surface area contributed by atoms with Gasteiger partial charge in [-0.2, -0.15) is 0 Å². The Labute approximate surface area is 116 Å². The molecule has 0 aromatic heterocycles. The average molecular weight is 355 g/mol. The number of nitrogens with two attached hydrogens (primary N) is 1. The maximum atomic E-state index is 11.4. The molecule has 0 radical (unpaired) electrons. The van der Waals surface area contributed by atoms with E-state index in [1.54, 1.807) is 6.07 Å². The summed E-state index contributed by atoms with van der Waals surface area (Å²) in [5.41, 5.74) is 7.71. The molecule has 2 rings (SSSR count). The largest absolute Gasteiger partial charge is 0.366 e. The van der Waals surface area contributed by atoms with E-state index in [1.165, 1.54) is 0 Å². The molecule has 0 aliphatic carbocycles. The molecule has 2 aromatic carbocycles. The van der Waals surface area contributed by atoms with Gasteiger partial charge in [0.15, 0.2) is 0 Å². The molecule has 2 aromatic rings. The van der Waals surface area contributed by atoms with Crippen LogP contribution >= 0.6 is 31.9 Å². The van der Waals surface area contributed by atoms with Crippen molar-refractivity contribution in [3.05, 3.63) is 57.0 Å². The van der Waals surface area contributed by atoms with Gasteiger partial charge in [0.2, 0.25) is 5.91 Å². The summed E-state index contributed by atoms with van der Waals surface area (Å²) in [7, 11) is 0. The fourth-order valence-electron chi connectivity index (χ4n) is 1.60. The lowest BCUT2D eigenvalue weighted by molar-refractivity contribution is 0.100. The van der Waals surface area contributed by atoms with E-state index in [1.807, 2.05) is 36.4 Å². The van der Waals surface area contributed by atoms with E-state index < -0.39 is 5.91 Å². The van der Waals surface area contributed by atoms with Gasteiger partial charge in [0.05, 0.1) is 0 Å². The molecule has 1 amide bonds. The number of primary amides is 1. The van der Waals surface area contributed by atoms with Crippen molar-refractivity contribution in [2.45, 2.75) is 0 Å². The summed E-state index contributed by atoms with van der Waals surface area (Å²) in [4.78, 5) is 11.4. The first-order valence-corrected chi connectivity index (χ1v) is 6.52. The molecular formula is C13H9Br2NO. The lowest BCUT2D eigenvalue weighted by Crippen LogP contribution is -2.12. The van der Waals surface area contributed by atoms with Crippen LogP contribution in [0.25, 0.3) is 11.1 Å². The fourth-order valence-corrected chi connectivity index (χ4v) is 2.23. The van der Waals surface area contributed by atoms with Crippen molar-refractivity contribution >= 4 is 37.8 Å². The summed E-state index contributed by atoms with van der Waals surface area (Å²) < 4.78 is 1.84. The van der Waals surface area contributed by atoms with E-state index in [0.717, 1.165) is 20.1 Å². The summed E-state index contributed by atoms with van der Waals surface area (Å²) >= 11 is 6.71. The number of amides is 1. The number of hydrogen-bond acceptors (Lipinski definition) is 1. The van der Waals surface area contributed by atoms with Gasteiger partial charge in [-0.1, -0.05) is 50.1 Å². The number of rotatable bonds is 2. The second kappa shape index (κ2) is 5.02. The molecule has 0 spiro atoms. The number of carbonyl (C=O) groups excluding carboxylic acids is 1. The number of hydrogen-bond donors (Lipinski definition) is 1. The third-order valence-electron chi connectivity index (χ3n) is 2.40. The van der Waals surface area contributed by atoms with Gasteiger partial charge in [-0.3, -0.25) is 4.79 Å². The highest BCUT2D eigenvalue weighted by molar-refractivity contribution is 9.10. The van der Waals surface area contributed by atoms with Gasteiger partial charge < -0.3 is 5.73 Å². The van der Waals surface area contributed by atoms with E-state index in [-0.39, 0.29) is 0 Å². The minimum absolute atomic E-state index is 0.427. The van der Waals surface area contributed by atoms with Crippen molar-refractivity contribution < 1.29 is 4.79 Å². The Balaban J connectivity index is 2.58. The minimum atomic E-state index is -0.427. The average Bonchev–Trinajstić information content (AvgIpc) is 2.30. The summed E-state index contributed by atoms with van der Waals surface area (Å²) in [6.07, 6.45) is 0. The molecule has 0 saturated carbocycles. The predicted molar refractivity (Wildman–Crippen MR) is 75.8 cm³/mol. The molecule has 86 valence electrons. The van der Waals surface area contributed by atoms with Gasteiger partial charge in [-0.15, -0.1) is 0 Å². The Bertz CT molecular complexity index is 564. The normalized spacial score (nSPS) is 10.2. The summed E-state index contributed by atoms with van der Waals surface area (Å²) in [5.74, 6) is -0.427. The number of halogens is 2. The zero-order valence-electron chi connectivity index (χ0n) is 8.78. The molecule has 0 bridgehead atoms. The second-order valence-electron chi connectivity index (χ2n) is 3.56. The molecule has 0 unspecified atom stereocenters. The van der Waals surface area contributed by atoms with Crippen molar-refractivity contribution in [1.82, 2.24) is 0 Å². The topological polar surface area (TPSA) is 43.1 Å². The summed E-state index contributed by atoms with van der Waals surface area (Å²) in [5, 5.41) is 0. The quantitative estimate of drug-likeness (QED) is 0.870. The lowest BCUT2D eigenvalue weighted by atomic mass is 9.99.